The summed E-state index contributed by atoms with van der Waals surface area (Å²) in [6, 6.07) is 61.9. The van der Waals surface area contributed by atoms with Crippen LogP contribution in [0.1, 0.15) is 123 Å². The Labute approximate surface area is 396 Å². The van der Waals surface area contributed by atoms with E-state index in [1.54, 1.807) is 48.5 Å². The molecular weight excluding hydrogens is 769 g/mol. The summed E-state index contributed by atoms with van der Waals surface area (Å²) in [6.45, 7) is 19.9. The largest absolute Gasteiger partial charge is 0.0587 e. The van der Waals surface area contributed by atoms with Crippen molar-refractivity contribution in [3.63, 3.8) is 0 Å². The molecule has 0 aliphatic carbocycles. The minimum Gasteiger partial charge on any atom is -0.0587 e. The van der Waals surface area contributed by atoms with Crippen LogP contribution in [0.4, 0.5) is 0 Å². The lowest BCUT2D eigenvalue weighted by atomic mass is 9.96. The third-order valence-corrected chi connectivity index (χ3v) is 11.9. The summed E-state index contributed by atoms with van der Waals surface area (Å²) in [6.07, 6.45) is 0. The summed E-state index contributed by atoms with van der Waals surface area (Å²) in [5.74, 6) is 1.80. The van der Waals surface area contributed by atoms with Crippen LogP contribution in [0.2, 0.25) is 0 Å². The molecule has 0 fully saturated rings. The molecule has 0 N–H and O–H groups in total. The van der Waals surface area contributed by atoms with Crippen LogP contribution in [0.3, 0.4) is 0 Å². The maximum Gasteiger partial charge on any atom is 0.0280 e. The van der Waals surface area contributed by atoms with Crippen molar-refractivity contribution in [2.24, 2.45) is 0 Å². The van der Waals surface area contributed by atoms with Gasteiger partial charge in [-0.05, 0) is 150 Å². The number of aryl methyl sites for hydroxylation is 7. The van der Waals surface area contributed by atoms with Gasteiger partial charge in [0.2, 0.25) is 0 Å². The highest BCUT2D eigenvalue weighted by atomic mass is 14.1. The molecule has 8 aromatic rings. The van der Waals surface area contributed by atoms with E-state index in [1.165, 1.54) is 77.9 Å². The summed E-state index contributed by atoms with van der Waals surface area (Å²) in [5, 5.41) is 0. The lowest BCUT2D eigenvalue weighted by Crippen LogP contribution is -1.88. The van der Waals surface area contributed by atoms with Crippen molar-refractivity contribution in [3.8, 4) is 44.5 Å². The van der Waals surface area contributed by atoms with Crippen molar-refractivity contribution < 1.29 is 8.22 Å². The van der Waals surface area contributed by atoms with Crippen molar-refractivity contribution in [3.05, 3.63) is 238 Å². The van der Waals surface area contributed by atoms with Gasteiger partial charge in [0.1, 0.15) is 0 Å². The van der Waals surface area contributed by atoms with Gasteiger partial charge in [-0.2, -0.15) is 0 Å². The highest BCUT2D eigenvalue weighted by Crippen LogP contribution is 2.27. The van der Waals surface area contributed by atoms with E-state index in [9.17, 15) is 0 Å². The van der Waals surface area contributed by atoms with Crippen molar-refractivity contribution in [2.45, 2.75) is 108 Å². The first-order valence-electron chi connectivity index (χ1n) is 25.7. The Morgan fingerprint density at radius 1 is 0.250 bits per heavy atom. The molecular formula is C64H72. The Bertz CT molecular complexity index is 2740. The molecule has 0 spiro atoms. The first-order valence-corrected chi connectivity index (χ1v) is 22.7. The van der Waals surface area contributed by atoms with Crippen LogP contribution in [-0.4, -0.2) is 0 Å². The normalized spacial score (nSPS) is 12.5. The maximum absolute atomic E-state index is 7.32. The fourth-order valence-corrected chi connectivity index (χ4v) is 7.09. The Kier molecular flexibility index (Phi) is 14.8. The fourth-order valence-electron chi connectivity index (χ4n) is 7.09. The predicted octanol–water partition coefficient (Wildman–Crippen LogP) is 18.9. The average molecular weight is 847 g/mol. The molecule has 0 heterocycles. The molecule has 328 valence electrons. The standard InChI is InChI=1S/C18H22.C17H20.C15H16.C14H14/c1-13(2)15-5-9-17(10-6-15)18-11-7-16(8-12-18)14(3)4;1-12(2)15-7-9-16(10-8-15)17-6-5-13(3)14(4)11-17;1-11-4-7-14(8-5-11)15-9-6-12(2)13(3)10-15;1-11-3-7-13(8-4-11)14-9-5-12(2)6-10-14/h5-14H,1-4H3;5-12H,1-4H3;4-10H,1-3H3;3-10H,1-2H3/i;;;1D3,2D3. The zero-order chi connectivity index (χ0) is 51.3. The van der Waals surface area contributed by atoms with Crippen molar-refractivity contribution in [2.75, 3.05) is 0 Å². The lowest BCUT2D eigenvalue weighted by molar-refractivity contribution is 0.866. The van der Waals surface area contributed by atoms with Crippen LogP contribution in [0, 0.1) is 48.3 Å². The lowest BCUT2D eigenvalue weighted by Gasteiger charge is -2.09. The molecule has 0 aromatic heterocycles. The Morgan fingerprint density at radius 3 is 0.703 bits per heavy atom. The van der Waals surface area contributed by atoms with Crippen molar-refractivity contribution >= 4 is 0 Å². The van der Waals surface area contributed by atoms with Crippen LogP contribution in [0.15, 0.2) is 182 Å². The molecule has 8 rings (SSSR count). The van der Waals surface area contributed by atoms with Gasteiger partial charge in [0, 0.05) is 8.22 Å². The van der Waals surface area contributed by atoms with E-state index in [0.29, 0.717) is 28.9 Å². The minimum atomic E-state index is -2.11. The van der Waals surface area contributed by atoms with Gasteiger partial charge in [0.25, 0.3) is 0 Å². The number of rotatable bonds is 7. The zero-order valence-electron chi connectivity index (χ0n) is 46.1. The van der Waals surface area contributed by atoms with Gasteiger partial charge in [-0.1, -0.05) is 240 Å². The van der Waals surface area contributed by atoms with E-state index in [1.807, 2.05) is 0 Å². The average Bonchev–Trinajstić information content (AvgIpc) is 3.34. The molecule has 0 radical (unpaired) electrons. The van der Waals surface area contributed by atoms with E-state index in [0.717, 1.165) is 11.1 Å². The summed E-state index contributed by atoms with van der Waals surface area (Å²) in [7, 11) is 0. The SMILES string of the molecule is CC(C)c1ccc(-c2ccc(C(C)C)cc2)cc1.Cc1ccc(-c2ccc(C(C)C)cc2)cc1C.Cc1ccc(-c2ccc(C)c(C)c2)cc1.[2H]C([2H])([2H])c1ccc(-c2ccc(C([2H])([2H])[2H])cc2)cc1. The third-order valence-electron chi connectivity index (χ3n) is 11.9. The van der Waals surface area contributed by atoms with E-state index >= 15 is 0 Å². The quantitative estimate of drug-likeness (QED) is 0.150. The van der Waals surface area contributed by atoms with Gasteiger partial charge in [-0.25, -0.2) is 0 Å². The van der Waals surface area contributed by atoms with E-state index in [4.69, 9.17) is 8.22 Å². The van der Waals surface area contributed by atoms with Gasteiger partial charge in [0.05, 0.1) is 0 Å². The number of hydrogen-bond acceptors (Lipinski definition) is 0. The van der Waals surface area contributed by atoms with E-state index < -0.39 is 13.7 Å². The van der Waals surface area contributed by atoms with Crippen LogP contribution >= 0.6 is 0 Å². The monoisotopic (exact) mass is 847 g/mol. The highest BCUT2D eigenvalue weighted by Gasteiger charge is 2.05. The smallest absolute Gasteiger partial charge is 0.0280 e. The molecule has 0 saturated heterocycles. The fraction of sp³-hybridized carbons (Fsp3) is 0.250. The van der Waals surface area contributed by atoms with Crippen LogP contribution in [0.25, 0.3) is 44.5 Å². The Balaban J connectivity index is 0.000000175. The Hall–Kier alpha value is -6.24. The van der Waals surface area contributed by atoms with Gasteiger partial charge >= 0.3 is 0 Å². The second-order valence-corrected chi connectivity index (χ2v) is 17.9. The molecule has 0 amide bonds. The van der Waals surface area contributed by atoms with Crippen LogP contribution < -0.4 is 0 Å². The van der Waals surface area contributed by atoms with Gasteiger partial charge < -0.3 is 0 Å². The molecule has 0 saturated carbocycles. The Morgan fingerprint density at radius 2 is 0.469 bits per heavy atom. The highest BCUT2D eigenvalue weighted by molar-refractivity contribution is 5.67. The van der Waals surface area contributed by atoms with Gasteiger partial charge in [-0.15, -0.1) is 0 Å². The third kappa shape index (κ3) is 14.4. The van der Waals surface area contributed by atoms with Crippen molar-refractivity contribution in [1.82, 2.24) is 0 Å². The van der Waals surface area contributed by atoms with Gasteiger partial charge in [0.15, 0.2) is 0 Å². The molecule has 0 aliphatic heterocycles. The van der Waals surface area contributed by atoms with Crippen LogP contribution in [0.5, 0.6) is 0 Å². The van der Waals surface area contributed by atoms with Crippen molar-refractivity contribution in [1.29, 1.82) is 0 Å². The second kappa shape index (κ2) is 23.4. The zero-order valence-corrected chi connectivity index (χ0v) is 40.1. The molecule has 8 aromatic carbocycles. The topological polar surface area (TPSA) is 0 Å². The van der Waals surface area contributed by atoms with Gasteiger partial charge in [-0.3, -0.25) is 0 Å². The number of hydrogen-bond donors (Lipinski definition) is 0. The molecule has 0 atom stereocenters. The summed E-state index contributed by atoms with van der Waals surface area (Å²) in [5.41, 5.74) is 21.0. The first-order chi connectivity index (χ1) is 33.0. The van der Waals surface area contributed by atoms with Crippen LogP contribution in [-0.2, 0) is 0 Å². The molecule has 0 unspecified atom stereocenters. The maximum atomic E-state index is 7.32. The van der Waals surface area contributed by atoms with E-state index in [2.05, 4.69) is 210 Å². The predicted molar refractivity (Wildman–Crippen MR) is 283 cm³/mol. The second-order valence-electron chi connectivity index (χ2n) is 17.9. The first kappa shape index (κ1) is 40.5. The minimum absolute atomic E-state index is 0.292. The summed E-state index contributed by atoms with van der Waals surface area (Å²) >= 11 is 0. The molecule has 64 heavy (non-hydrogen) atoms. The van der Waals surface area contributed by atoms with E-state index in [-0.39, 0.29) is 0 Å². The molecule has 0 heteroatoms. The number of benzene rings is 8. The molecule has 0 nitrogen and oxygen atoms in total. The summed E-state index contributed by atoms with van der Waals surface area (Å²) in [4.78, 5) is 0. The molecule has 0 bridgehead atoms. The molecule has 0 aliphatic rings. The summed E-state index contributed by atoms with van der Waals surface area (Å²) < 4.78 is 43.9.